The number of aliphatic hydroxyl groups excluding tert-OH is 1. The number of ether oxygens (including phenoxy) is 4. The fourth-order valence-corrected chi connectivity index (χ4v) is 2.62. The molecule has 7 nitrogen and oxygen atoms in total. The van der Waals surface area contributed by atoms with Crippen LogP contribution in [0.1, 0.15) is 24.5 Å². The fraction of sp³-hybridized carbons (Fsp3) is 0.350. The number of aliphatic hydroxyl groups is 1. The molecule has 0 spiro atoms. The molecule has 146 valence electrons. The number of benzene rings is 2. The number of hydrogen-bond donors (Lipinski definition) is 2. The summed E-state index contributed by atoms with van der Waals surface area (Å²) in [7, 11) is 6.16. The van der Waals surface area contributed by atoms with Crippen molar-refractivity contribution in [1.29, 1.82) is 0 Å². The number of carbonyl (C=O) groups is 1. The Morgan fingerprint density at radius 2 is 1.56 bits per heavy atom. The molecule has 1 amide bonds. The van der Waals surface area contributed by atoms with E-state index in [0.29, 0.717) is 34.2 Å². The van der Waals surface area contributed by atoms with Crippen molar-refractivity contribution in [2.24, 2.45) is 0 Å². The van der Waals surface area contributed by atoms with Gasteiger partial charge >= 0.3 is 0 Å². The van der Waals surface area contributed by atoms with Crippen LogP contribution in [0.15, 0.2) is 36.4 Å². The first-order valence-electron chi connectivity index (χ1n) is 8.43. The maximum Gasteiger partial charge on any atom is 0.224 e. The summed E-state index contributed by atoms with van der Waals surface area (Å²) in [5, 5.41) is 13.2. The van der Waals surface area contributed by atoms with Gasteiger partial charge in [-0.05, 0) is 18.6 Å². The Bertz CT molecular complexity index is 755. The molecule has 0 saturated heterocycles. The minimum absolute atomic E-state index is 0.135. The van der Waals surface area contributed by atoms with Gasteiger partial charge in [0.05, 0.1) is 34.5 Å². The second-order valence-electron chi connectivity index (χ2n) is 5.81. The minimum atomic E-state index is -0.837. The number of amides is 1. The smallest absolute Gasteiger partial charge is 0.224 e. The van der Waals surface area contributed by atoms with Crippen LogP contribution in [-0.4, -0.2) is 39.5 Å². The van der Waals surface area contributed by atoms with Crippen molar-refractivity contribution in [1.82, 2.24) is 0 Å². The van der Waals surface area contributed by atoms with Gasteiger partial charge in [0.1, 0.15) is 23.0 Å². The van der Waals surface area contributed by atoms with Gasteiger partial charge in [-0.15, -0.1) is 0 Å². The van der Waals surface area contributed by atoms with Crippen molar-refractivity contribution < 1.29 is 28.8 Å². The predicted molar refractivity (Wildman–Crippen MR) is 102 cm³/mol. The maximum atomic E-state index is 12.2. The molecule has 0 heterocycles. The van der Waals surface area contributed by atoms with Gasteiger partial charge in [0.15, 0.2) is 0 Å². The van der Waals surface area contributed by atoms with Gasteiger partial charge in [0, 0.05) is 41.9 Å². The summed E-state index contributed by atoms with van der Waals surface area (Å²) < 4.78 is 20.8. The fourth-order valence-electron chi connectivity index (χ4n) is 2.62. The lowest BCUT2D eigenvalue weighted by Gasteiger charge is -2.16. The van der Waals surface area contributed by atoms with Crippen LogP contribution in [0.25, 0.3) is 0 Å². The van der Waals surface area contributed by atoms with Gasteiger partial charge in [-0.25, -0.2) is 0 Å². The lowest BCUT2D eigenvalue weighted by Crippen LogP contribution is -2.13. The van der Waals surface area contributed by atoms with E-state index in [-0.39, 0.29) is 18.7 Å². The molecular weight excluding hydrogens is 350 g/mol. The maximum absolute atomic E-state index is 12.2. The van der Waals surface area contributed by atoms with Crippen LogP contribution in [0.2, 0.25) is 0 Å². The minimum Gasteiger partial charge on any atom is -0.497 e. The number of nitrogens with one attached hydrogen (secondary N) is 1. The SMILES string of the molecule is COc1cc(NC(=O)CCC(O)c2ccc(OC)cc2OC)cc(OC)c1. The van der Waals surface area contributed by atoms with Crippen molar-refractivity contribution in [3.8, 4) is 23.0 Å². The summed E-state index contributed by atoms with van der Waals surface area (Å²) in [6.45, 7) is 0. The second kappa shape index (κ2) is 9.68. The molecular formula is C20H25NO6. The molecule has 0 aliphatic heterocycles. The molecule has 2 rings (SSSR count). The van der Waals surface area contributed by atoms with Crippen LogP contribution < -0.4 is 24.3 Å². The Hall–Kier alpha value is -2.93. The van der Waals surface area contributed by atoms with Crippen LogP contribution >= 0.6 is 0 Å². The molecule has 0 aliphatic carbocycles. The summed E-state index contributed by atoms with van der Waals surface area (Å²) in [6.07, 6.45) is -0.456. The number of rotatable bonds is 9. The van der Waals surface area contributed by atoms with E-state index in [1.807, 2.05) is 0 Å². The Kier molecular flexibility index (Phi) is 7.31. The van der Waals surface area contributed by atoms with E-state index < -0.39 is 6.10 Å². The highest BCUT2D eigenvalue weighted by Gasteiger charge is 2.16. The number of hydrogen-bond acceptors (Lipinski definition) is 6. The normalized spacial score (nSPS) is 11.4. The molecule has 0 aliphatic rings. The van der Waals surface area contributed by atoms with Gasteiger partial charge < -0.3 is 29.4 Å². The number of carbonyl (C=O) groups excluding carboxylic acids is 1. The quantitative estimate of drug-likeness (QED) is 0.700. The van der Waals surface area contributed by atoms with Crippen molar-refractivity contribution in [2.75, 3.05) is 33.8 Å². The Balaban J connectivity index is 1.99. The summed E-state index contributed by atoms with van der Waals surface area (Å²) in [6, 6.07) is 10.3. The zero-order chi connectivity index (χ0) is 19.8. The van der Waals surface area contributed by atoms with Crippen molar-refractivity contribution >= 4 is 11.6 Å². The third-order valence-electron chi connectivity index (χ3n) is 4.08. The first-order valence-corrected chi connectivity index (χ1v) is 8.43. The largest absolute Gasteiger partial charge is 0.497 e. The molecule has 27 heavy (non-hydrogen) atoms. The van der Waals surface area contributed by atoms with Crippen LogP contribution in [0, 0.1) is 0 Å². The van der Waals surface area contributed by atoms with Crippen LogP contribution in [0.3, 0.4) is 0 Å². The first kappa shape index (κ1) is 20.4. The molecule has 1 unspecified atom stereocenters. The standard InChI is InChI=1S/C20H25NO6/c1-24-14-5-6-17(19(12-14)27-4)18(22)7-8-20(23)21-13-9-15(25-2)11-16(10-13)26-3/h5-6,9-12,18,22H,7-8H2,1-4H3,(H,21,23). The highest BCUT2D eigenvalue weighted by Crippen LogP contribution is 2.32. The molecule has 2 aromatic carbocycles. The zero-order valence-corrected chi connectivity index (χ0v) is 15.9. The Morgan fingerprint density at radius 1 is 0.926 bits per heavy atom. The van der Waals surface area contributed by atoms with E-state index in [1.54, 1.807) is 57.7 Å². The summed E-state index contributed by atoms with van der Waals surface area (Å²) >= 11 is 0. The van der Waals surface area contributed by atoms with E-state index in [2.05, 4.69) is 5.32 Å². The monoisotopic (exact) mass is 375 g/mol. The second-order valence-corrected chi connectivity index (χ2v) is 5.81. The van der Waals surface area contributed by atoms with Gasteiger partial charge in [0.2, 0.25) is 5.91 Å². The van der Waals surface area contributed by atoms with Crippen LogP contribution in [-0.2, 0) is 4.79 Å². The number of methoxy groups -OCH3 is 4. The Morgan fingerprint density at radius 3 is 2.11 bits per heavy atom. The van der Waals surface area contributed by atoms with Gasteiger partial charge in [-0.2, -0.15) is 0 Å². The highest BCUT2D eigenvalue weighted by atomic mass is 16.5. The van der Waals surface area contributed by atoms with E-state index in [1.165, 1.54) is 7.11 Å². The third-order valence-corrected chi connectivity index (χ3v) is 4.08. The topological polar surface area (TPSA) is 86.3 Å². The lowest BCUT2D eigenvalue weighted by atomic mass is 10.0. The average molecular weight is 375 g/mol. The van der Waals surface area contributed by atoms with E-state index >= 15 is 0 Å². The van der Waals surface area contributed by atoms with Gasteiger partial charge in [-0.3, -0.25) is 4.79 Å². The molecule has 0 bridgehead atoms. The van der Waals surface area contributed by atoms with Crippen LogP contribution in [0.5, 0.6) is 23.0 Å². The molecule has 0 fully saturated rings. The highest BCUT2D eigenvalue weighted by molar-refractivity contribution is 5.91. The molecule has 0 aromatic heterocycles. The first-order chi connectivity index (χ1) is 13.0. The Labute approximate surface area is 158 Å². The van der Waals surface area contributed by atoms with E-state index in [4.69, 9.17) is 18.9 Å². The third kappa shape index (κ3) is 5.52. The van der Waals surface area contributed by atoms with Crippen LogP contribution in [0.4, 0.5) is 5.69 Å². The van der Waals surface area contributed by atoms with E-state index in [0.717, 1.165) is 0 Å². The molecule has 2 N–H and O–H groups in total. The van der Waals surface area contributed by atoms with Crippen molar-refractivity contribution in [3.05, 3.63) is 42.0 Å². The lowest BCUT2D eigenvalue weighted by molar-refractivity contribution is -0.116. The molecule has 0 saturated carbocycles. The summed E-state index contributed by atoms with van der Waals surface area (Å²) in [5.41, 5.74) is 1.17. The number of anilines is 1. The molecule has 7 heteroatoms. The van der Waals surface area contributed by atoms with Crippen molar-refractivity contribution in [3.63, 3.8) is 0 Å². The summed E-state index contributed by atoms with van der Waals surface area (Å²) in [5.74, 6) is 2.07. The van der Waals surface area contributed by atoms with Crippen molar-refractivity contribution in [2.45, 2.75) is 18.9 Å². The molecule has 2 aromatic rings. The molecule has 1 atom stereocenters. The van der Waals surface area contributed by atoms with Gasteiger partial charge in [-0.1, -0.05) is 0 Å². The average Bonchev–Trinajstić information content (AvgIpc) is 2.70. The predicted octanol–water partition coefficient (Wildman–Crippen LogP) is 3.17. The summed E-state index contributed by atoms with van der Waals surface area (Å²) in [4.78, 5) is 12.2. The zero-order valence-electron chi connectivity index (χ0n) is 15.9. The van der Waals surface area contributed by atoms with Gasteiger partial charge in [0.25, 0.3) is 0 Å². The molecule has 0 radical (unpaired) electrons. The van der Waals surface area contributed by atoms with E-state index in [9.17, 15) is 9.90 Å².